The molecule has 0 N–H and O–H groups in total. The van der Waals surface area contributed by atoms with E-state index in [0.717, 1.165) is 16.4 Å². The van der Waals surface area contributed by atoms with Gasteiger partial charge in [-0.05, 0) is 17.9 Å². The van der Waals surface area contributed by atoms with Crippen molar-refractivity contribution in [2.45, 2.75) is 6.92 Å². The van der Waals surface area contributed by atoms with Gasteiger partial charge in [0.15, 0.2) is 0 Å². The SMILES string of the molecule is CCSC(=O)n1nc(-c2ccccc2)oc1=O. The molecule has 0 fully saturated rings. The third kappa shape index (κ3) is 2.47. The largest absolute Gasteiger partial charge is 0.445 e. The van der Waals surface area contributed by atoms with Crippen LogP contribution in [-0.4, -0.2) is 20.8 Å². The van der Waals surface area contributed by atoms with Crippen molar-refractivity contribution < 1.29 is 9.21 Å². The minimum atomic E-state index is -0.755. The van der Waals surface area contributed by atoms with Crippen molar-refractivity contribution in [3.63, 3.8) is 0 Å². The molecule has 17 heavy (non-hydrogen) atoms. The van der Waals surface area contributed by atoms with E-state index in [1.165, 1.54) is 0 Å². The lowest BCUT2D eigenvalue weighted by molar-refractivity contribution is 0.258. The fourth-order valence-corrected chi connectivity index (χ4v) is 1.76. The van der Waals surface area contributed by atoms with E-state index in [2.05, 4.69) is 5.10 Å². The summed E-state index contributed by atoms with van der Waals surface area (Å²) >= 11 is 1.01. The van der Waals surface area contributed by atoms with Gasteiger partial charge in [0.2, 0.25) is 5.89 Å². The molecule has 0 saturated heterocycles. The molecule has 2 aromatic rings. The Hall–Kier alpha value is -1.82. The second-order valence-corrected chi connectivity index (χ2v) is 4.37. The van der Waals surface area contributed by atoms with Gasteiger partial charge in [0.1, 0.15) is 0 Å². The number of hydrogen-bond donors (Lipinski definition) is 0. The van der Waals surface area contributed by atoms with Crippen molar-refractivity contribution in [3.05, 3.63) is 40.9 Å². The molecule has 0 aliphatic rings. The summed E-state index contributed by atoms with van der Waals surface area (Å²) in [6.45, 7) is 1.83. The van der Waals surface area contributed by atoms with E-state index >= 15 is 0 Å². The number of carbonyl (C=O) groups is 1. The molecule has 0 saturated carbocycles. The van der Waals surface area contributed by atoms with E-state index in [1.54, 1.807) is 24.3 Å². The molecule has 5 nitrogen and oxygen atoms in total. The van der Waals surface area contributed by atoms with Crippen molar-refractivity contribution in [2.75, 3.05) is 5.75 Å². The molecule has 88 valence electrons. The van der Waals surface area contributed by atoms with Crippen LogP contribution < -0.4 is 5.76 Å². The summed E-state index contributed by atoms with van der Waals surface area (Å²) in [6, 6.07) is 8.96. The van der Waals surface area contributed by atoms with Crippen LogP contribution in [0.5, 0.6) is 0 Å². The van der Waals surface area contributed by atoms with Gasteiger partial charge in [0.05, 0.1) is 0 Å². The number of thioether (sulfide) groups is 1. The molecule has 0 atom stereocenters. The quantitative estimate of drug-likeness (QED) is 0.817. The first kappa shape index (κ1) is 11.7. The molecular formula is C11H10N2O3S. The summed E-state index contributed by atoms with van der Waals surface area (Å²) in [7, 11) is 0. The number of rotatable bonds is 2. The first-order valence-electron chi connectivity index (χ1n) is 5.05. The molecule has 0 radical (unpaired) electrons. The van der Waals surface area contributed by atoms with Crippen LogP contribution >= 0.6 is 11.8 Å². The summed E-state index contributed by atoms with van der Waals surface area (Å²) in [4.78, 5) is 22.9. The minimum absolute atomic E-state index is 0.153. The van der Waals surface area contributed by atoms with Gasteiger partial charge < -0.3 is 4.42 Å². The first-order chi connectivity index (χ1) is 8.22. The lowest BCUT2D eigenvalue weighted by Gasteiger charge is -1.93. The first-order valence-corrected chi connectivity index (χ1v) is 6.03. The second-order valence-electron chi connectivity index (χ2n) is 3.15. The molecule has 1 aromatic carbocycles. The van der Waals surface area contributed by atoms with E-state index < -0.39 is 11.0 Å². The number of carbonyl (C=O) groups excluding carboxylic acids is 1. The maximum atomic E-state index is 11.5. The standard InChI is InChI=1S/C11H10N2O3S/c1-2-17-11(15)13-10(14)16-9(12-13)8-6-4-3-5-7-8/h3-7H,2H2,1H3. The summed E-state index contributed by atoms with van der Waals surface area (Å²) in [6.07, 6.45) is 0. The molecule has 0 bridgehead atoms. The predicted octanol–water partition coefficient (Wildman–Crippen LogP) is 2.22. The highest BCUT2D eigenvalue weighted by molar-refractivity contribution is 8.13. The predicted molar refractivity (Wildman–Crippen MR) is 65.1 cm³/mol. The summed E-state index contributed by atoms with van der Waals surface area (Å²) in [5.41, 5.74) is 0.664. The fraction of sp³-hybridized carbons (Fsp3) is 0.182. The van der Waals surface area contributed by atoms with Crippen molar-refractivity contribution >= 4 is 17.0 Å². The zero-order valence-electron chi connectivity index (χ0n) is 9.12. The Morgan fingerprint density at radius 3 is 2.76 bits per heavy atom. The highest BCUT2D eigenvalue weighted by atomic mass is 32.2. The van der Waals surface area contributed by atoms with Gasteiger partial charge in [-0.3, -0.25) is 4.79 Å². The Morgan fingerprint density at radius 2 is 2.12 bits per heavy atom. The maximum absolute atomic E-state index is 11.5. The normalized spacial score (nSPS) is 10.4. The minimum Gasteiger partial charge on any atom is -0.387 e. The second kappa shape index (κ2) is 5.01. The maximum Gasteiger partial charge on any atom is 0.445 e. The summed E-state index contributed by atoms with van der Waals surface area (Å²) < 4.78 is 5.68. The zero-order valence-corrected chi connectivity index (χ0v) is 9.94. The van der Waals surface area contributed by atoms with Gasteiger partial charge in [-0.2, -0.15) is 0 Å². The van der Waals surface area contributed by atoms with Crippen LogP contribution in [0.15, 0.2) is 39.5 Å². The van der Waals surface area contributed by atoms with E-state index in [1.807, 2.05) is 13.0 Å². The lowest BCUT2D eigenvalue weighted by atomic mass is 10.2. The van der Waals surface area contributed by atoms with Crippen molar-refractivity contribution in [1.82, 2.24) is 9.78 Å². The Kier molecular flexibility index (Phi) is 3.43. The van der Waals surface area contributed by atoms with E-state index in [4.69, 9.17) is 4.42 Å². The van der Waals surface area contributed by atoms with Gasteiger partial charge in [-0.1, -0.05) is 36.9 Å². The van der Waals surface area contributed by atoms with E-state index in [0.29, 0.717) is 11.3 Å². The lowest BCUT2D eigenvalue weighted by Crippen LogP contribution is -2.20. The molecule has 0 aliphatic heterocycles. The highest BCUT2D eigenvalue weighted by Gasteiger charge is 2.15. The molecule has 0 unspecified atom stereocenters. The number of nitrogens with zero attached hydrogens (tertiary/aromatic N) is 2. The Morgan fingerprint density at radius 1 is 1.41 bits per heavy atom. The van der Waals surface area contributed by atoms with Crippen LogP contribution in [0, 0.1) is 0 Å². The van der Waals surface area contributed by atoms with Crippen LogP contribution in [-0.2, 0) is 0 Å². The van der Waals surface area contributed by atoms with Crippen LogP contribution in [0.3, 0.4) is 0 Å². The average molecular weight is 250 g/mol. The smallest absolute Gasteiger partial charge is 0.387 e. The summed E-state index contributed by atoms with van der Waals surface area (Å²) in [5.74, 6) is -0.0193. The number of hydrogen-bond acceptors (Lipinski definition) is 5. The van der Waals surface area contributed by atoms with Crippen LogP contribution in [0.1, 0.15) is 6.92 Å². The van der Waals surface area contributed by atoms with Gasteiger partial charge in [-0.25, -0.2) is 4.79 Å². The Bertz CT molecular complexity index is 574. The van der Waals surface area contributed by atoms with Gasteiger partial charge in [0, 0.05) is 5.56 Å². The van der Waals surface area contributed by atoms with E-state index in [-0.39, 0.29) is 5.89 Å². The van der Waals surface area contributed by atoms with E-state index in [9.17, 15) is 9.59 Å². The Labute approximate surface area is 101 Å². The van der Waals surface area contributed by atoms with Crippen LogP contribution in [0.25, 0.3) is 11.5 Å². The van der Waals surface area contributed by atoms with Crippen LogP contribution in [0.2, 0.25) is 0 Å². The molecule has 0 aliphatic carbocycles. The molecule has 1 aromatic heterocycles. The van der Waals surface area contributed by atoms with Crippen molar-refractivity contribution in [1.29, 1.82) is 0 Å². The molecular weight excluding hydrogens is 240 g/mol. The van der Waals surface area contributed by atoms with Gasteiger partial charge in [-0.15, -0.1) is 9.78 Å². The highest BCUT2D eigenvalue weighted by Crippen LogP contribution is 2.14. The van der Waals surface area contributed by atoms with Gasteiger partial charge in [0.25, 0.3) is 0 Å². The molecule has 2 rings (SSSR count). The number of aromatic nitrogens is 2. The molecule has 1 heterocycles. The average Bonchev–Trinajstić information content (AvgIpc) is 2.73. The third-order valence-electron chi connectivity index (χ3n) is 2.01. The zero-order chi connectivity index (χ0) is 12.3. The summed E-state index contributed by atoms with van der Waals surface area (Å²) in [5, 5.41) is 3.44. The van der Waals surface area contributed by atoms with Crippen LogP contribution in [0.4, 0.5) is 4.79 Å². The number of benzene rings is 1. The molecule has 0 spiro atoms. The van der Waals surface area contributed by atoms with Gasteiger partial charge >= 0.3 is 11.0 Å². The monoisotopic (exact) mass is 250 g/mol. The Balaban J connectivity index is 2.38. The van der Waals surface area contributed by atoms with Crippen molar-refractivity contribution in [3.8, 4) is 11.5 Å². The third-order valence-corrected chi connectivity index (χ3v) is 2.72. The fourth-order valence-electron chi connectivity index (χ4n) is 1.28. The topological polar surface area (TPSA) is 65.1 Å². The molecule has 6 heteroatoms. The van der Waals surface area contributed by atoms with Crippen molar-refractivity contribution in [2.24, 2.45) is 0 Å². The molecule has 0 amide bonds.